The molecule has 0 radical (unpaired) electrons. The molecular weight excluding hydrogens is 341 g/mol. The summed E-state index contributed by atoms with van der Waals surface area (Å²) in [5, 5.41) is 3.31. The first-order chi connectivity index (χ1) is 12.1. The maximum absolute atomic E-state index is 13.2. The number of hydrogen-bond donors (Lipinski definition) is 2. The molecule has 1 saturated carbocycles. The largest absolute Gasteiger partial charge is 0.380 e. The quantitative estimate of drug-likeness (QED) is 0.616. The molecule has 0 heterocycles. The summed E-state index contributed by atoms with van der Waals surface area (Å²) in [5.74, 6) is 0.354. The lowest BCUT2D eigenvalue weighted by Gasteiger charge is -2.33. The fourth-order valence-corrected chi connectivity index (χ4v) is 3.21. The number of methoxy groups -OCH3 is 1. The van der Waals surface area contributed by atoms with Gasteiger partial charge in [-0.3, -0.25) is 0 Å². The van der Waals surface area contributed by atoms with Gasteiger partial charge in [0.25, 0.3) is 0 Å². The van der Waals surface area contributed by atoms with Crippen LogP contribution in [-0.4, -0.2) is 19.1 Å². The smallest absolute Gasteiger partial charge is 0.193 e. The summed E-state index contributed by atoms with van der Waals surface area (Å²) in [6.45, 7) is 0.507. The molecular formula is C19H21ClFN3O. The van der Waals surface area contributed by atoms with Gasteiger partial charge in [0.05, 0.1) is 17.7 Å². The molecule has 1 aliphatic carbocycles. The number of nitrogens with zero attached hydrogens (tertiary/aromatic N) is 1. The molecule has 0 aliphatic heterocycles. The molecule has 2 aromatic carbocycles. The van der Waals surface area contributed by atoms with E-state index >= 15 is 0 Å². The van der Waals surface area contributed by atoms with Gasteiger partial charge in [-0.1, -0.05) is 35.9 Å². The molecule has 0 aromatic heterocycles. The van der Waals surface area contributed by atoms with E-state index in [0.29, 0.717) is 18.5 Å². The molecule has 0 bridgehead atoms. The monoisotopic (exact) mass is 361 g/mol. The van der Waals surface area contributed by atoms with Crippen LogP contribution in [0.2, 0.25) is 5.02 Å². The van der Waals surface area contributed by atoms with Gasteiger partial charge in [-0.25, -0.2) is 9.38 Å². The van der Waals surface area contributed by atoms with E-state index in [9.17, 15) is 4.39 Å². The topological polar surface area (TPSA) is 59.6 Å². The van der Waals surface area contributed by atoms with E-state index in [1.807, 2.05) is 24.3 Å². The number of aliphatic imine (C=N–C) groups is 1. The van der Waals surface area contributed by atoms with Crippen LogP contribution < -0.4 is 11.1 Å². The third-order valence-electron chi connectivity index (χ3n) is 4.43. The summed E-state index contributed by atoms with van der Waals surface area (Å²) in [6, 6.07) is 12.9. The predicted molar refractivity (Wildman–Crippen MR) is 99.6 cm³/mol. The van der Waals surface area contributed by atoms with E-state index in [2.05, 4.69) is 10.3 Å². The van der Waals surface area contributed by atoms with E-state index in [-0.39, 0.29) is 16.9 Å². The molecule has 0 unspecified atom stereocenters. The lowest BCUT2D eigenvalue weighted by molar-refractivity contribution is 0.185. The van der Waals surface area contributed by atoms with Gasteiger partial charge < -0.3 is 15.8 Å². The number of nitrogens with two attached hydrogens (primary N) is 1. The maximum Gasteiger partial charge on any atom is 0.193 e. The Morgan fingerprint density at radius 1 is 1.32 bits per heavy atom. The first kappa shape index (κ1) is 17.7. The molecule has 3 N–H and O–H groups in total. The number of ether oxygens (including phenoxy) is 1. The number of para-hydroxylation sites is 1. The molecule has 1 aliphatic rings. The Morgan fingerprint density at radius 3 is 2.80 bits per heavy atom. The van der Waals surface area contributed by atoms with Crippen LogP contribution in [-0.2, 0) is 11.3 Å². The van der Waals surface area contributed by atoms with E-state index in [0.717, 1.165) is 29.7 Å². The van der Waals surface area contributed by atoms with Crippen LogP contribution in [0.25, 0.3) is 0 Å². The third kappa shape index (κ3) is 4.30. The molecule has 0 saturated heterocycles. The highest BCUT2D eigenvalue weighted by Crippen LogP contribution is 2.39. The second kappa shape index (κ2) is 7.85. The van der Waals surface area contributed by atoms with Crippen molar-refractivity contribution in [3.05, 3.63) is 64.4 Å². The van der Waals surface area contributed by atoms with Gasteiger partial charge in [-0.15, -0.1) is 0 Å². The number of nitrogens with one attached hydrogen (secondary N) is 1. The van der Waals surface area contributed by atoms with Gasteiger partial charge in [0.1, 0.15) is 5.82 Å². The minimum absolute atomic E-state index is 0.163. The Hall–Kier alpha value is -2.11. The van der Waals surface area contributed by atoms with Crippen LogP contribution in [0, 0.1) is 5.82 Å². The van der Waals surface area contributed by atoms with Crippen molar-refractivity contribution in [2.45, 2.75) is 31.4 Å². The Kier molecular flexibility index (Phi) is 5.56. The number of hydrogen-bond acceptors (Lipinski definition) is 2. The van der Waals surface area contributed by atoms with Gasteiger partial charge in [-0.05, 0) is 42.5 Å². The first-order valence-electron chi connectivity index (χ1n) is 8.19. The van der Waals surface area contributed by atoms with Crippen molar-refractivity contribution in [2.24, 2.45) is 10.7 Å². The Labute approximate surface area is 151 Å². The molecule has 132 valence electrons. The highest BCUT2D eigenvalue weighted by Gasteiger charge is 2.30. The number of anilines is 1. The van der Waals surface area contributed by atoms with Crippen LogP contribution in [0.4, 0.5) is 10.1 Å². The third-order valence-corrected chi connectivity index (χ3v) is 4.72. The van der Waals surface area contributed by atoms with Crippen LogP contribution in [0.1, 0.15) is 29.9 Å². The summed E-state index contributed by atoms with van der Waals surface area (Å²) in [7, 11) is 1.66. The van der Waals surface area contributed by atoms with Crippen molar-refractivity contribution in [3.63, 3.8) is 0 Å². The Morgan fingerprint density at radius 2 is 2.08 bits per heavy atom. The van der Waals surface area contributed by atoms with Crippen molar-refractivity contribution >= 4 is 23.2 Å². The molecule has 3 rings (SSSR count). The fraction of sp³-hybridized carbons (Fsp3) is 0.316. The van der Waals surface area contributed by atoms with Gasteiger partial charge in [-0.2, -0.15) is 0 Å². The molecule has 6 heteroatoms. The minimum Gasteiger partial charge on any atom is -0.380 e. The number of guanidine groups is 1. The number of halogens is 2. The summed E-state index contributed by atoms with van der Waals surface area (Å²) in [5.41, 5.74) is 9.01. The zero-order valence-corrected chi connectivity index (χ0v) is 14.8. The van der Waals surface area contributed by atoms with Crippen LogP contribution in [0.5, 0.6) is 0 Å². The van der Waals surface area contributed by atoms with E-state index < -0.39 is 0 Å². The number of benzene rings is 2. The van der Waals surface area contributed by atoms with Gasteiger partial charge in [0, 0.05) is 18.4 Å². The van der Waals surface area contributed by atoms with Crippen LogP contribution in [0.15, 0.2) is 47.5 Å². The highest BCUT2D eigenvalue weighted by molar-refractivity contribution is 6.30. The second-order valence-electron chi connectivity index (χ2n) is 6.23. The van der Waals surface area contributed by atoms with Crippen molar-refractivity contribution in [2.75, 3.05) is 12.4 Å². The molecule has 0 atom stereocenters. The zero-order chi connectivity index (χ0) is 17.8. The standard InChI is InChI=1S/C19H21ClFN3O/c1-25-11-13-4-2-3-5-18(13)24-19(22)23-15-8-14(9-15)12-6-7-17(21)16(20)10-12/h2-7,10,14-15H,8-9,11H2,1H3,(H3,22,23,24). The number of rotatable bonds is 5. The molecule has 1 fully saturated rings. The Balaban J connectivity index is 1.59. The normalized spacial score (nSPS) is 20.2. The lowest BCUT2D eigenvalue weighted by atomic mass is 9.76. The van der Waals surface area contributed by atoms with E-state index in [1.54, 1.807) is 19.2 Å². The van der Waals surface area contributed by atoms with E-state index in [4.69, 9.17) is 22.1 Å². The first-order valence-corrected chi connectivity index (χ1v) is 8.56. The van der Waals surface area contributed by atoms with Crippen molar-refractivity contribution in [3.8, 4) is 0 Å². The van der Waals surface area contributed by atoms with Gasteiger partial charge >= 0.3 is 0 Å². The zero-order valence-electron chi connectivity index (χ0n) is 14.0. The van der Waals surface area contributed by atoms with Gasteiger partial charge in [0.2, 0.25) is 0 Å². The summed E-state index contributed by atoms with van der Waals surface area (Å²) in [4.78, 5) is 4.53. The van der Waals surface area contributed by atoms with Crippen molar-refractivity contribution in [1.29, 1.82) is 0 Å². The molecule has 25 heavy (non-hydrogen) atoms. The lowest BCUT2D eigenvalue weighted by Crippen LogP contribution is -2.31. The van der Waals surface area contributed by atoms with E-state index in [1.165, 1.54) is 6.07 Å². The van der Waals surface area contributed by atoms with Crippen LogP contribution >= 0.6 is 11.6 Å². The summed E-state index contributed by atoms with van der Waals surface area (Å²) in [6.07, 6.45) is 1.76. The molecule has 2 aromatic rings. The molecule has 4 nitrogen and oxygen atoms in total. The summed E-state index contributed by atoms with van der Waals surface area (Å²) >= 11 is 5.85. The van der Waals surface area contributed by atoms with Gasteiger partial charge in [0.15, 0.2) is 5.96 Å². The molecule has 0 spiro atoms. The fourth-order valence-electron chi connectivity index (χ4n) is 3.02. The van der Waals surface area contributed by atoms with Crippen molar-refractivity contribution in [1.82, 2.24) is 0 Å². The predicted octanol–water partition coefficient (Wildman–Crippen LogP) is 4.30. The SMILES string of the molecule is COCc1ccccc1NC(N)=NC1CC(c2ccc(F)c(Cl)c2)C1. The van der Waals surface area contributed by atoms with Crippen LogP contribution in [0.3, 0.4) is 0 Å². The summed E-state index contributed by atoms with van der Waals surface area (Å²) < 4.78 is 18.4. The maximum atomic E-state index is 13.2. The van der Waals surface area contributed by atoms with Crippen molar-refractivity contribution < 1.29 is 9.13 Å². The highest BCUT2D eigenvalue weighted by atomic mass is 35.5. The average molecular weight is 362 g/mol. The molecule has 0 amide bonds. The Bertz CT molecular complexity index is 775. The average Bonchev–Trinajstić information content (AvgIpc) is 2.55. The minimum atomic E-state index is -0.387. The second-order valence-corrected chi connectivity index (χ2v) is 6.63.